The molecule has 1 aliphatic heterocycles. The highest BCUT2D eigenvalue weighted by molar-refractivity contribution is 7.09. The van der Waals surface area contributed by atoms with E-state index < -0.39 is 11.9 Å². The van der Waals surface area contributed by atoms with Gasteiger partial charge in [-0.05, 0) is 19.3 Å². The first-order valence-electron chi connectivity index (χ1n) is 7.05. The smallest absolute Gasteiger partial charge is 0.323 e. The topological polar surface area (TPSA) is 105 Å². The summed E-state index contributed by atoms with van der Waals surface area (Å²) in [5.74, 6) is -0.721. The second-order valence-electron chi connectivity index (χ2n) is 5.55. The van der Waals surface area contributed by atoms with Crippen LogP contribution in [0.2, 0.25) is 0 Å². The first-order chi connectivity index (χ1) is 10.4. The quantitative estimate of drug-likeness (QED) is 0.873. The third-order valence-corrected chi connectivity index (χ3v) is 4.31. The van der Waals surface area contributed by atoms with Gasteiger partial charge in [0.25, 0.3) is 0 Å². The van der Waals surface area contributed by atoms with Crippen molar-refractivity contribution in [3.8, 4) is 0 Å². The van der Waals surface area contributed by atoms with Crippen molar-refractivity contribution >= 4 is 28.7 Å². The number of nitrogens with zero attached hydrogens (tertiary/aromatic N) is 3. The molecular formula is C13H20N4O4S. The Morgan fingerprint density at radius 2 is 2.23 bits per heavy atom. The number of carbonyl (C=O) groups is 2. The molecule has 8 nitrogen and oxygen atoms in total. The largest absolute Gasteiger partial charge is 0.481 e. The number of rotatable bonds is 4. The summed E-state index contributed by atoms with van der Waals surface area (Å²) in [6.07, 6.45) is 0.348. The Balaban J connectivity index is 1.99. The number of hydrogen-bond acceptors (Lipinski definition) is 6. The number of amides is 2. The van der Waals surface area contributed by atoms with Crippen LogP contribution in [0.3, 0.4) is 0 Å². The lowest BCUT2D eigenvalue weighted by atomic mass is 9.91. The molecule has 0 aliphatic carbocycles. The van der Waals surface area contributed by atoms with E-state index in [1.807, 2.05) is 13.8 Å². The fourth-order valence-corrected chi connectivity index (χ4v) is 3.06. The van der Waals surface area contributed by atoms with Crippen molar-refractivity contribution in [2.45, 2.75) is 26.4 Å². The van der Waals surface area contributed by atoms with E-state index in [1.165, 1.54) is 4.90 Å². The van der Waals surface area contributed by atoms with Crippen molar-refractivity contribution in [3.63, 3.8) is 0 Å². The number of carboxylic acid groups (broad SMARTS) is 1. The molecule has 9 heteroatoms. The summed E-state index contributed by atoms with van der Waals surface area (Å²) in [6.45, 7) is 4.51. The van der Waals surface area contributed by atoms with E-state index in [-0.39, 0.29) is 24.6 Å². The summed E-state index contributed by atoms with van der Waals surface area (Å²) >= 11 is 1.08. The maximum Gasteiger partial charge on any atom is 0.323 e. The maximum absolute atomic E-state index is 12.3. The van der Waals surface area contributed by atoms with Crippen LogP contribution < -0.4 is 5.32 Å². The van der Waals surface area contributed by atoms with Gasteiger partial charge in [0, 0.05) is 31.7 Å². The number of urea groups is 1. The number of likely N-dealkylation sites (tertiary alicyclic amines) is 1. The summed E-state index contributed by atoms with van der Waals surface area (Å²) in [5, 5.41) is 12.2. The lowest BCUT2D eigenvalue weighted by molar-refractivity contribution is -0.143. The predicted octanol–water partition coefficient (Wildman–Crippen LogP) is 1.82. The van der Waals surface area contributed by atoms with Crippen molar-refractivity contribution in [3.05, 3.63) is 5.82 Å². The number of methoxy groups -OCH3 is 1. The number of ether oxygens (including phenoxy) is 1. The van der Waals surface area contributed by atoms with Crippen molar-refractivity contribution in [1.82, 2.24) is 14.3 Å². The third kappa shape index (κ3) is 3.92. The number of aromatic nitrogens is 2. The lowest BCUT2D eigenvalue weighted by Gasteiger charge is -2.34. The number of nitrogens with one attached hydrogen (secondary N) is 1. The molecule has 0 bridgehead atoms. The molecular weight excluding hydrogens is 308 g/mol. The number of piperidine rings is 1. The molecule has 1 saturated heterocycles. The molecule has 3 unspecified atom stereocenters. The summed E-state index contributed by atoms with van der Waals surface area (Å²) in [5.41, 5.74) is 0. The van der Waals surface area contributed by atoms with E-state index in [4.69, 9.17) is 9.84 Å². The standard InChI is InChI=1S/C13H20N4O4S/c1-7-4-9(11(18)19)6-17(5-7)13(20)15-12-14-10(16-22-12)8(2)21-3/h7-9H,4-6H2,1-3H3,(H,18,19)(H,14,15,16,20). The van der Waals surface area contributed by atoms with E-state index >= 15 is 0 Å². The minimum Gasteiger partial charge on any atom is -0.481 e. The number of anilines is 1. The number of aliphatic carboxylic acids is 1. The highest BCUT2D eigenvalue weighted by atomic mass is 32.1. The Hall–Kier alpha value is -1.74. The van der Waals surface area contributed by atoms with E-state index in [0.29, 0.717) is 23.9 Å². The van der Waals surface area contributed by atoms with Gasteiger partial charge in [0.1, 0.15) is 6.10 Å². The van der Waals surface area contributed by atoms with Crippen LogP contribution in [0, 0.1) is 11.8 Å². The zero-order valence-electron chi connectivity index (χ0n) is 12.8. The van der Waals surface area contributed by atoms with Crippen molar-refractivity contribution in [2.24, 2.45) is 11.8 Å². The SMILES string of the molecule is COC(C)c1nsc(NC(=O)N2CC(C)CC(C(=O)O)C2)n1. The van der Waals surface area contributed by atoms with Crippen molar-refractivity contribution in [1.29, 1.82) is 0 Å². The van der Waals surface area contributed by atoms with Gasteiger partial charge in [-0.2, -0.15) is 4.37 Å². The molecule has 3 atom stereocenters. The van der Waals surface area contributed by atoms with Gasteiger partial charge in [-0.3, -0.25) is 10.1 Å². The molecule has 0 aromatic carbocycles. The van der Waals surface area contributed by atoms with E-state index in [0.717, 1.165) is 11.5 Å². The molecule has 0 saturated carbocycles. The zero-order chi connectivity index (χ0) is 16.3. The monoisotopic (exact) mass is 328 g/mol. The average molecular weight is 328 g/mol. The molecule has 2 heterocycles. The van der Waals surface area contributed by atoms with Crippen molar-refractivity contribution in [2.75, 3.05) is 25.5 Å². The zero-order valence-corrected chi connectivity index (χ0v) is 13.6. The average Bonchev–Trinajstić information content (AvgIpc) is 2.94. The number of carbonyl (C=O) groups excluding carboxylic acids is 1. The van der Waals surface area contributed by atoms with Gasteiger partial charge in [0.15, 0.2) is 5.82 Å². The highest BCUT2D eigenvalue weighted by Crippen LogP contribution is 2.23. The molecule has 1 aromatic heterocycles. The molecule has 0 radical (unpaired) electrons. The highest BCUT2D eigenvalue weighted by Gasteiger charge is 2.32. The van der Waals surface area contributed by atoms with Gasteiger partial charge in [0.2, 0.25) is 5.13 Å². The summed E-state index contributed by atoms with van der Waals surface area (Å²) in [7, 11) is 1.56. The van der Waals surface area contributed by atoms with Gasteiger partial charge < -0.3 is 14.7 Å². The molecule has 0 spiro atoms. The van der Waals surface area contributed by atoms with E-state index in [1.54, 1.807) is 7.11 Å². The van der Waals surface area contributed by atoms with Crippen LogP contribution in [0.4, 0.5) is 9.93 Å². The minimum atomic E-state index is -0.864. The fraction of sp³-hybridized carbons (Fsp3) is 0.692. The van der Waals surface area contributed by atoms with Crippen LogP contribution in [0.5, 0.6) is 0 Å². The van der Waals surface area contributed by atoms with Crippen LogP contribution in [-0.4, -0.2) is 51.6 Å². The van der Waals surface area contributed by atoms with Gasteiger partial charge >= 0.3 is 12.0 Å². The predicted molar refractivity (Wildman–Crippen MR) is 80.8 cm³/mol. The lowest BCUT2D eigenvalue weighted by Crippen LogP contribution is -2.47. The second-order valence-corrected chi connectivity index (χ2v) is 6.30. The fourth-order valence-electron chi connectivity index (χ4n) is 2.42. The molecule has 1 fully saturated rings. The van der Waals surface area contributed by atoms with E-state index in [9.17, 15) is 9.59 Å². The normalized spacial score (nSPS) is 23.1. The summed E-state index contributed by atoms with van der Waals surface area (Å²) in [4.78, 5) is 29.1. The number of carboxylic acids is 1. The van der Waals surface area contributed by atoms with Crippen LogP contribution in [-0.2, 0) is 9.53 Å². The van der Waals surface area contributed by atoms with Crippen LogP contribution in [0.15, 0.2) is 0 Å². The first kappa shape index (κ1) is 16.6. The minimum absolute atomic E-state index is 0.152. The van der Waals surface area contributed by atoms with Crippen LogP contribution in [0.1, 0.15) is 32.2 Å². The molecule has 2 rings (SSSR count). The van der Waals surface area contributed by atoms with E-state index in [2.05, 4.69) is 14.7 Å². The Labute approximate surface area is 132 Å². The molecule has 122 valence electrons. The van der Waals surface area contributed by atoms with Gasteiger partial charge in [0.05, 0.1) is 5.92 Å². The van der Waals surface area contributed by atoms with Gasteiger partial charge in [-0.25, -0.2) is 9.78 Å². The van der Waals surface area contributed by atoms with Crippen LogP contribution in [0.25, 0.3) is 0 Å². The third-order valence-electron chi connectivity index (χ3n) is 3.67. The van der Waals surface area contributed by atoms with Crippen LogP contribution >= 0.6 is 11.5 Å². The van der Waals surface area contributed by atoms with Gasteiger partial charge in [-0.15, -0.1) is 0 Å². The Morgan fingerprint density at radius 3 is 2.86 bits per heavy atom. The molecule has 1 aromatic rings. The molecule has 1 aliphatic rings. The molecule has 2 amide bonds. The maximum atomic E-state index is 12.3. The Morgan fingerprint density at radius 1 is 1.50 bits per heavy atom. The number of hydrogen-bond donors (Lipinski definition) is 2. The first-order valence-corrected chi connectivity index (χ1v) is 7.83. The summed E-state index contributed by atoms with van der Waals surface area (Å²) < 4.78 is 9.24. The molecule has 22 heavy (non-hydrogen) atoms. The van der Waals surface area contributed by atoms with Gasteiger partial charge in [-0.1, -0.05) is 6.92 Å². The Bertz CT molecular complexity index is 550. The molecule has 2 N–H and O–H groups in total. The second kappa shape index (κ2) is 7.01. The van der Waals surface area contributed by atoms with Crippen molar-refractivity contribution < 1.29 is 19.4 Å². The Kier molecular flexibility index (Phi) is 5.30. The summed E-state index contributed by atoms with van der Waals surface area (Å²) in [6, 6.07) is -0.342.